The average Bonchev–Trinajstić information content (AvgIpc) is 2.65. The van der Waals surface area contributed by atoms with Gasteiger partial charge in [0.25, 0.3) is 0 Å². The molecule has 5 heteroatoms. The molecule has 0 atom stereocenters. The number of halogens is 1. The zero-order chi connectivity index (χ0) is 19.6. The highest BCUT2D eigenvalue weighted by Gasteiger charge is 2.45. The number of amides is 2. The quantitative estimate of drug-likeness (QED) is 0.708. The zero-order valence-corrected chi connectivity index (χ0v) is 17.5. The van der Waals surface area contributed by atoms with Crippen molar-refractivity contribution in [1.29, 1.82) is 0 Å². The summed E-state index contributed by atoms with van der Waals surface area (Å²) in [5.41, 5.74) is 2.50. The number of benzene rings is 2. The monoisotopic (exact) mass is 440 g/mol. The number of hydrogen-bond donors (Lipinski definition) is 1. The summed E-state index contributed by atoms with van der Waals surface area (Å²) in [6, 6.07) is 16.0. The minimum atomic E-state index is -0.431. The van der Waals surface area contributed by atoms with E-state index in [0.717, 1.165) is 59.9 Å². The van der Waals surface area contributed by atoms with E-state index in [-0.39, 0.29) is 11.8 Å². The van der Waals surface area contributed by atoms with Crippen LogP contribution in [0.3, 0.4) is 0 Å². The number of hydrogen-bond acceptors (Lipinski definition) is 2. The van der Waals surface area contributed by atoms with Crippen molar-refractivity contribution in [3.63, 3.8) is 0 Å². The Balaban J connectivity index is 1.48. The van der Waals surface area contributed by atoms with Crippen LogP contribution < -0.4 is 5.32 Å². The van der Waals surface area contributed by atoms with E-state index in [0.29, 0.717) is 13.0 Å². The smallest absolute Gasteiger partial charge is 0.235 e. The predicted molar refractivity (Wildman–Crippen MR) is 114 cm³/mol. The molecule has 0 radical (unpaired) electrons. The van der Waals surface area contributed by atoms with E-state index in [1.54, 1.807) is 0 Å². The molecule has 1 saturated carbocycles. The summed E-state index contributed by atoms with van der Waals surface area (Å²) in [4.78, 5) is 27.2. The number of piperidine rings is 1. The van der Waals surface area contributed by atoms with Gasteiger partial charge in [0.1, 0.15) is 0 Å². The largest absolute Gasteiger partial charge is 0.338 e. The number of anilines is 1. The lowest BCUT2D eigenvalue weighted by Gasteiger charge is -2.40. The van der Waals surface area contributed by atoms with Gasteiger partial charge in [-0.25, -0.2) is 0 Å². The highest BCUT2D eigenvalue weighted by molar-refractivity contribution is 9.10. The topological polar surface area (TPSA) is 49.4 Å². The third kappa shape index (κ3) is 3.86. The molecular weight excluding hydrogens is 416 g/mol. The maximum atomic E-state index is 13.2. The van der Waals surface area contributed by atoms with Gasteiger partial charge < -0.3 is 10.2 Å². The summed E-state index contributed by atoms with van der Waals surface area (Å²) in [5, 5.41) is 3.13. The van der Waals surface area contributed by atoms with Crippen LogP contribution >= 0.6 is 15.9 Å². The van der Waals surface area contributed by atoms with Crippen molar-refractivity contribution in [2.75, 3.05) is 11.9 Å². The number of likely N-dealkylation sites (tertiary alicyclic amines) is 1. The first-order valence-corrected chi connectivity index (χ1v) is 10.8. The second-order valence-corrected chi connectivity index (χ2v) is 8.79. The predicted octanol–water partition coefficient (Wildman–Crippen LogP) is 5.02. The van der Waals surface area contributed by atoms with Crippen molar-refractivity contribution >= 4 is 33.4 Å². The zero-order valence-electron chi connectivity index (χ0n) is 15.9. The molecule has 1 aliphatic carbocycles. The Morgan fingerprint density at radius 3 is 2.54 bits per heavy atom. The van der Waals surface area contributed by atoms with Crippen LogP contribution in [0.15, 0.2) is 53.0 Å². The van der Waals surface area contributed by atoms with Crippen molar-refractivity contribution in [3.05, 3.63) is 64.1 Å². The third-order valence-corrected chi connectivity index (χ3v) is 6.55. The molecule has 1 N–H and O–H groups in total. The van der Waals surface area contributed by atoms with E-state index in [9.17, 15) is 9.59 Å². The van der Waals surface area contributed by atoms with E-state index in [2.05, 4.69) is 21.2 Å². The Morgan fingerprint density at radius 2 is 1.86 bits per heavy atom. The minimum Gasteiger partial charge on any atom is -0.338 e. The lowest BCUT2D eigenvalue weighted by Crippen LogP contribution is -2.46. The summed E-state index contributed by atoms with van der Waals surface area (Å²) in [5.74, 6) is 0.289. The first kappa shape index (κ1) is 19.2. The molecule has 4 nitrogen and oxygen atoms in total. The molecule has 2 aromatic carbocycles. The molecule has 2 amide bonds. The molecule has 0 bridgehead atoms. The fraction of sp³-hybridized carbons (Fsp3) is 0.391. The molecule has 4 rings (SSSR count). The molecular formula is C23H25BrN2O2. The van der Waals surface area contributed by atoms with Gasteiger partial charge in [-0.15, -0.1) is 0 Å². The molecule has 146 valence electrons. The van der Waals surface area contributed by atoms with Crippen molar-refractivity contribution in [3.8, 4) is 0 Å². The Labute approximate surface area is 174 Å². The van der Waals surface area contributed by atoms with Gasteiger partial charge in [0.2, 0.25) is 11.8 Å². The maximum absolute atomic E-state index is 13.2. The van der Waals surface area contributed by atoms with Crippen LogP contribution in [0.1, 0.15) is 49.7 Å². The molecule has 1 aliphatic heterocycles. The molecule has 0 spiro atoms. The summed E-state index contributed by atoms with van der Waals surface area (Å²) in [6.07, 6.45) is 5.53. The first-order valence-electron chi connectivity index (χ1n) is 10.0. The van der Waals surface area contributed by atoms with Crippen LogP contribution in [0.4, 0.5) is 5.69 Å². The number of nitrogens with zero attached hydrogens (tertiary/aromatic N) is 1. The number of nitrogens with one attached hydrogen (secondary N) is 1. The Morgan fingerprint density at radius 1 is 1.07 bits per heavy atom. The fourth-order valence-corrected chi connectivity index (χ4v) is 4.46. The SMILES string of the molecule is O=C1CCCCN1Cc1cccc(NC(=O)C2(c3ccc(Br)cc3)CCC2)c1. The van der Waals surface area contributed by atoms with E-state index in [4.69, 9.17) is 0 Å². The van der Waals surface area contributed by atoms with Gasteiger partial charge in [-0.05, 0) is 61.1 Å². The second kappa shape index (κ2) is 8.08. The van der Waals surface area contributed by atoms with Crippen LogP contribution in [0.5, 0.6) is 0 Å². The van der Waals surface area contributed by atoms with E-state index >= 15 is 0 Å². The molecule has 1 saturated heterocycles. The molecule has 0 unspecified atom stereocenters. The normalized spacial score (nSPS) is 18.5. The van der Waals surface area contributed by atoms with Gasteiger partial charge in [-0.3, -0.25) is 9.59 Å². The molecule has 0 aromatic heterocycles. The maximum Gasteiger partial charge on any atom is 0.235 e. The van der Waals surface area contributed by atoms with Crippen LogP contribution in [-0.2, 0) is 21.5 Å². The Hall–Kier alpha value is -2.14. The highest BCUT2D eigenvalue weighted by atomic mass is 79.9. The number of carbonyl (C=O) groups is 2. The van der Waals surface area contributed by atoms with Crippen molar-refractivity contribution < 1.29 is 9.59 Å². The fourth-order valence-electron chi connectivity index (χ4n) is 4.19. The standard InChI is InChI=1S/C23H25BrN2O2/c24-19-10-8-18(9-11-19)23(12-4-13-23)22(28)25-20-6-3-5-17(15-20)16-26-14-2-1-7-21(26)27/h3,5-6,8-11,15H,1-2,4,7,12-14,16H2,(H,25,28). The van der Waals surface area contributed by atoms with Crippen LogP contribution in [0, 0.1) is 0 Å². The lowest BCUT2D eigenvalue weighted by molar-refractivity contribution is -0.133. The van der Waals surface area contributed by atoms with E-state index in [1.165, 1.54) is 0 Å². The van der Waals surface area contributed by atoms with Gasteiger partial charge in [-0.2, -0.15) is 0 Å². The van der Waals surface area contributed by atoms with Crippen LogP contribution in [0.2, 0.25) is 0 Å². The van der Waals surface area contributed by atoms with Crippen LogP contribution in [-0.4, -0.2) is 23.3 Å². The summed E-state index contributed by atoms with van der Waals surface area (Å²) in [7, 11) is 0. The van der Waals surface area contributed by atoms with Gasteiger partial charge in [0.05, 0.1) is 5.41 Å². The number of rotatable bonds is 5. The van der Waals surface area contributed by atoms with E-state index in [1.807, 2.05) is 53.4 Å². The first-order chi connectivity index (χ1) is 13.6. The Kier molecular flexibility index (Phi) is 5.54. The van der Waals surface area contributed by atoms with E-state index < -0.39 is 5.41 Å². The molecule has 2 aromatic rings. The summed E-state index contributed by atoms with van der Waals surface area (Å²) < 4.78 is 1.02. The van der Waals surface area contributed by atoms with Crippen LogP contribution in [0.25, 0.3) is 0 Å². The molecule has 1 heterocycles. The summed E-state index contributed by atoms with van der Waals surface area (Å²) in [6.45, 7) is 1.43. The Bertz CT molecular complexity index is 874. The lowest BCUT2D eigenvalue weighted by atomic mass is 9.64. The highest BCUT2D eigenvalue weighted by Crippen LogP contribution is 2.44. The van der Waals surface area contributed by atoms with Gasteiger partial charge in [-0.1, -0.05) is 46.6 Å². The third-order valence-electron chi connectivity index (χ3n) is 6.02. The average molecular weight is 441 g/mol. The molecule has 2 aliphatic rings. The molecule has 2 fully saturated rings. The van der Waals surface area contributed by atoms with Crippen molar-refractivity contribution in [2.24, 2.45) is 0 Å². The van der Waals surface area contributed by atoms with Crippen molar-refractivity contribution in [1.82, 2.24) is 4.90 Å². The minimum absolute atomic E-state index is 0.0623. The number of carbonyl (C=O) groups excluding carboxylic acids is 2. The van der Waals surface area contributed by atoms with Gasteiger partial charge >= 0.3 is 0 Å². The van der Waals surface area contributed by atoms with Crippen molar-refractivity contribution in [2.45, 2.75) is 50.5 Å². The second-order valence-electron chi connectivity index (χ2n) is 7.87. The molecule has 28 heavy (non-hydrogen) atoms. The van der Waals surface area contributed by atoms with Gasteiger partial charge in [0.15, 0.2) is 0 Å². The van der Waals surface area contributed by atoms with Gasteiger partial charge in [0, 0.05) is 29.7 Å². The summed E-state index contributed by atoms with van der Waals surface area (Å²) >= 11 is 3.47.